The summed E-state index contributed by atoms with van der Waals surface area (Å²) in [6, 6.07) is 0. The Morgan fingerprint density at radius 3 is 2.93 bits per heavy atom. The molecule has 1 fully saturated rings. The first kappa shape index (κ1) is 10.6. The van der Waals surface area contributed by atoms with Gasteiger partial charge < -0.3 is 14.4 Å². The molecule has 1 aromatic heterocycles. The average Bonchev–Trinajstić information content (AvgIpc) is 2.66. The molecule has 0 aromatic carbocycles. The van der Waals surface area contributed by atoms with E-state index in [-0.39, 0.29) is 6.10 Å². The molecule has 2 rings (SSSR count). The number of hydrogen-bond donors (Lipinski definition) is 1. The zero-order valence-corrected chi connectivity index (χ0v) is 9.09. The molecule has 1 N–H and O–H groups in total. The third kappa shape index (κ3) is 2.58. The van der Waals surface area contributed by atoms with Crippen LogP contribution in [0, 0.1) is 5.92 Å². The lowest BCUT2D eigenvalue weighted by atomic mass is 9.92. The highest BCUT2D eigenvalue weighted by Crippen LogP contribution is 2.20. The van der Waals surface area contributed by atoms with Gasteiger partial charge in [-0.2, -0.15) is 0 Å². The number of hydrogen-bond acceptors (Lipinski definition) is 3. The molecule has 1 aliphatic heterocycles. The van der Waals surface area contributed by atoms with Gasteiger partial charge >= 0.3 is 0 Å². The van der Waals surface area contributed by atoms with E-state index in [4.69, 9.17) is 4.74 Å². The second-order valence-electron chi connectivity index (χ2n) is 4.18. The largest absolute Gasteiger partial charge is 0.392 e. The Morgan fingerprint density at radius 1 is 1.60 bits per heavy atom. The van der Waals surface area contributed by atoms with Gasteiger partial charge in [-0.15, -0.1) is 0 Å². The van der Waals surface area contributed by atoms with Crippen molar-refractivity contribution in [3.63, 3.8) is 0 Å². The van der Waals surface area contributed by atoms with Gasteiger partial charge in [0.25, 0.3) is 0 Å². The van der Waals surface area contributed by atoms with Crippen LogP contribution in [-0.2, 0) is 18.2 Å². The summed E-state index contributed by atoms with van der Waals surface area (Å²) < 4.78 is 7.24. The first-order valence-electron chi connectivity index (χ1n) is 5.49. The second-order valence-corrected chi connectivity index (χ2v) is 4.18. The lowest BCUT2D eigenvalue weighted by Crippen LogP contribution is -2.29. The van der Waals surface area contributed by atoms with Gasteiger partial charge in [0.15, 0.2) is 0 Å². The van der Waals surface area contributed by atoms with Crippen molar-refractivity contribution in [3.05, 3.63) is 18.2 Å². The van der Waals surface area contributed by atoms with Crippen molar-refractivity contribution in [2.45, 2.75) is 25.4 Å². The average molecular weight is 210 g/mol. The standard InChI is InChI=1S/C11H18N2O2/c1-13-5-4-12-11(13)8-10(14)9-2-6-15-7-3-9/h4-5,9-10,14H,2-3,6-8H2,1H3. The first-order valence-corrected chi connectivity index (χ1v) is 5.49. The molecule has 1 saturated heterocycles. The van der Waals surface area contributed by atoms with Crippen LogP contribution in [0.15, 0.2) is 12.4 Å². The molecule has 0 saturated carbocycles. The molecular formula is C11H18N2O2. The third-order valence-corrected chi connectivity index (χ3v) is 3.12. The quantitative estimate of drug-likeness (QED) is 0.801. The van der Waals surface area contributed by atoms with Gasteiger partial charge in [0.05, 0.1) is 6.10 Å². The summed E-state index contributed by atoms with van der Waals surface area (Å²) in [5, 5.41) is 10.1. The fourth-order valence-electron chi connectivity index (χ4n) is 2.05. The monoisotopic (exact) mass is 210 g/mol. The molecule has 84 valence electrons. The van der Waals surface area contributed by atoms with Gasteiger partial charge in [0.2, 0.25) is 0 Å². The molecule has 4 nitrogen and oxygen atoms in total. The summed E-state index contributed by atoms with van der Waals surface area (Å²) >= 11 is 0. The summed E-state index contributed by atoms with van der Waals surface area (Å²) in [4.78, 5) is 4.22. The minimum atomic E-state index is -0.282. The van der Waals surface area contributed by atoms with Crippen LogP contribution in [0.25, 0.3) is 0 Å². The fraction of sp³-hybridized carbons (Fsp3) is 0.727. The van der Waals surface area contributed by atoms with E-state index in [0.717, 1.165) is 31.9 Å². The predicted molar refractivity (Wildman–Crippen MR) is 56.5 cm³/mol. The number of aliphatic hydroxyl groups excluding tert-OH is 1. The van der Waals surface area contributed by atoms with E-state index >= 15 is 0 Å². The SMILES string of the molecule is Cn1ccnc1CC(O)C1CCOCC1. The minimum Gasteiger partial charge on any atom is -0.392 e. The van der Waals surface area contributed by atoms with E-state index in [9.17, 15) is 5.11 Å². The van der Waals surface area contributed by atoms with Crippen LogP contribution in [0.4, 0.5) is 0 Å². The van der Waals surface area contributed by atoms with Crippen LogP contribution in [0.1, 0.15) is 18.7 Å². The van der Waals surface area contributed by atoms with Crippen LogP contribution in [-0.4, -0.2) is 34.0 Å². The number of rotatable bonds is 3. The molecule has 1 aromatic rings. The van der Waals surface area contributed by atoms with Crippen LogP contribution < -0.4 is 0 Å². The van der Waals surface area contributed by atoms with Gasteiger partial charge in [0, 0.05) is 39.1 Å². The highest BCUT2D eigenvalue weighted by Gasteiger charge is 2.23. The van der Waals surface area contributed by atoms with Crippen LogP contribution in [0.5, 0.6) is 0 Å². The molecule has 1 unspecified atom stereocenters. The zero-order valence-electron chi connectivity index (χ0n) is 9.09. The maximum atomic E-state index is 10.1. The van der Waals surface area contributed by atoms with Crippen LogP contribution >= 0.6 is 0 Å². The van der Waals surface area contributed by atoms with Crippen molar-refractivity contribution >= 4 is 0 Å². The van der Waals surface area contributed by atoms with Crippen molar-refractivity contribution in [2.24, 2.45) is 13.0 Å². The number of imidazole rings is 1. The number of aromatic nitrogens is 2. The molecule has 0 bridgehead atoms. The molecule has 4 heteroatoms. The minimum absolute atomic E-state index is 0.282. The van der Waals surface area contributed by atoms with Crippen molar-refractivity contribution in [1.82, 2.24) is 9.55 Å². The van der Waals surface area contributed by atoms with E-state index < -0.39 is 0 Å². The smallest absolute Gasteiger partial charge is 0.110 e. The molecule has 0 spiro atoms. The number of aryl methyl sites for hydroxylation is 1. The van der Waals surface area contributed by atoms with Crippen molar-refractivity contribution < 1.29 is 9.84 Å². The first-order chi connectivity index (χ1) is 7.27. The summed E-state index contributed by atoms with van der Waals surface area (Å²) in [6.07, 6.45) is 5.97. The molecule has 1 atom stereocenters. The Morgan fingerprint density at radius 2 is 2.33 bits per heavy atom. The van der Waals surface area contributed by atoms with E-state index in [0.29, 0.717) is 12.3 Å². The lowest BCUT2D eigenvalue weighted by Gasteiger charge is -2.26. The second kappa shape index (κ2) is 4.77. The molecule has 2 heterocycles. The molecule has 0 amide bonds. The molecular weight excluding hydrogens is 192 g/mol. The van der Waals surface area contributed by atoms with Crippen molar-refractivity contribution in [3.8, 4) is 0 Å². The molecule has 15 heavy (non-hydrogen) atoms. The summed E-state index contributed by atoms with van der Waals surface area (Å²) in [7, 11) is 1.96. The lowest BCUT2D eigenvalue weighted by molar-refractivity contribution is 0.00749. The van der Waals surface area contributed by atoms with E-state index in [1.807, 2.05) is 17.8 Å². The number of aliphatic hydroxyl groups is 1. The maximum absolute atomic E-state index is 10.1. The Bertz CT molecular complexity index is 305. The van der Waals surface area contributed by atoms with Gasteiger partial charge in [0.1, 0.15) is 5.82 Å². The zero-order chi connectivity index (χ0) is 10.7. The Hall–Kier alpha value is -0.870. The van der Waals surface area contributed by atoms with E-state index in [1.165, 1.54) is 0 Å². The van der Waals surface area contributed by atoms with Crippen LogP contribution in [0.2, 0.25) is 0 Å². The number of ether oxygens (including phenoxy) is 1. The Balaban J connectivity index is 1.91. The van der Waals surface area contributed by atoms with Gasteiger partial charge in [-0.3, -0.25) is 0 Å². The van der Waals surface area contributed by atoms with E-state index in [2.05, 4.69) is 4.98 Å². The Labute approximate surface area is 89.9 Å². The molecule has 1 aliphatic rings. The highest BCUT2D eigenvalue weighted by molar-refractivity contribution is 4.94. The van der Waals surface area contributed by atoms with Gasteiger partial charge in [-0.25, -0.2) is 4.98 Å². The molecule has 0 aliphatic carbocycles. The summed E-state index contributed by atoms with van der Waals surface area (Å²) in [5.41, 5.74) is 0. The van der Waals surface area contributed by atoms with Crippen molar-refractivity contribution in [1.29, 1.82) is 0 Å². The third-order valence-electron chi connectivity index (χ3n) is 3.12. The highest BCUT2D eigenvalue weighted by atomic mass is 16.5. The Kier molecular flexibility index (Phi) is 3.38. The topological polar surface area (TPSA) is 47.3 Å². The van der Waals surface area contributed by atoms with Crippen LogP contribution in [0.3, 0.4) is 0 Å². The maximum Gasteiger partial charge on any atom is 0.110 e. The van der Waals surface area contributed by atoms with Crippen molar-refractivity contribution in [2.75, 3.05) is 13.2 Å². The fourth-order valence-corrected chi connectivity index (χ4v) is 2.05. The predicted octanol–water partition coefficient (Wildman–Crippen LogP) is 0.750. The molecule has 0 radical (unpaired) electrons. The number of nitrogens with zero attached hydrogens (tertiary/aromatic N) is 2. The summed E-state index contributed by atoms with van der Waals surface area (Å²) in [5.74, 6) is 1.32. The van der Waals surface area contributed by atoms with Gasteiger partial charge in [-0.05, 0) is 18.8 Å². The normalized spacial score (nSPS) is 20.4. The van der Waals surface area contributed by atoms with E-state index in [1.54, 1.807) is 6.20 Å². The van der Waals surface area contributed by atoms with Gasteiger partial charge in [-0.1, -0.05) is 0 Å². The summed E-state index contributed by atoms with van der Waals surface area (Å²) in [6.45, 7) is 1.56.